The van der Waals surface area contributed by atoms with Crippen molar-refractivity contribution in [3.05, 3.63) is 17.5 Å². The van der Waals surface area contributed by atoms with E-state index in [1.54, 1.807) is 18.0 Å². The van der Waals surface area contributed by atoms with Crippen molar-refractivity contribution in [2.45, 2.75) is 32.2 Å². The van der Waals surface area contributed by atoms with E-state index in [1.165, 1.54) is 0 Å². The maximum Gasteiger partial charge on any atom is 0.326 e. The number of carbonyl (C=O) groups is 2. The Kier molecular flexibility index (Phi) is 7.66. The van der Waals surface area contributed by atoms with Gasteiger partial charge in [0.25, 0.3) is 0 Å². The van der Waals surface area contributed by atoms with Gasteiger partial charge in [-0.05, 0) is 43.8 Å². The zero-order valence-corrected chi connectivity index (χ0v) is 13.1. The third kappa shape index (κ3) is 6.52. The van der Waals surface area contributed by atoms with Gasteiger partial charge in [-0.25, -0.2) is 9.59 Å². The average Bonchev–Trinajstić information content (AvgIpc) is 2.84. The summed E-state index contributed by atoms with van der Waals surface area (Å²) in [6.45, 7) is 2.44. The van der Waals surface area contributed by atoms with E-state index in [0.717, 1.165) is 24.1 Å². The van der Waals surface area contributed by atoms with E-state index in [1.807, 2.05) is 13.2 Å². The molecule has 1 aromatic rings. The van der Waals surface area contributed by atoms with Crippen LogP contribution in [-0.4, -0.2) is 51.9 Å². The molecule has 0 aliphatic heterocycles. The SMILES string of the molecule is CSCC[C@H](NC(=O)NCCCc1cn[nH]c1C)C(=O)O. The molecule has 4 N–H and O–H groups in total. The van der Waals surface area contributed by atoms with Gasteiger partial charge in [0.1, 0.15) is 6.04 Å². The van der Waals surface area contributed by atoms with Gasteiger partial charge in [-0.15, -0.1) is 0 Å². The molecule has 0 spiro atoms. The molecule has 1 heterocycles. The summed E-state index contributed by atoms with van der Waals surface area (Å²) in [6, 6.07) is -1.28. The van der Waals surface area contributed by atoms with E-state index in [-0.39, 0.29) is 0 Å². The van der Waals surface area contributed by atoms with Crippen LogP contribution in [0.1, 0.15) is 24.1 Å². The number of urea groups is 1. The smallest absolute Gasteiger partial charge is 0.326 e. The monoisotopic (exact) mass is 314 g/mol. The van der Waals surface area contributed by atoms with Gasteiger partial charge in [-0.2, -0.15) is 16.9 Å². The molecule has 7 nitrogen and oxygen atoms in total. The highest BCUT2D eigenvalue weighted by atomic mass is 32.2. The second-order valence-electron chi connectivity index (χ2n) is 4.70. The van der Waals surface area contributed by atoms with Gasteiger partial charge in [0.05, 0.1) is 6.20 Å². The standard InChI is InChI=1S/C13H22N4O3S/c1-9-10(8-15-17-9)4-3-6-14-13(20)16-11(12(18)19)5-7-21-2/h8,11H,3-7H2,1-2H3,(H,15,17)(H,18,19)(H2,14,16,20)/t11-/m0/s1. The summed E-state index contributed by atoms with van der Waals surface area (Å²) in [4.78, 5) is 22.6. The molecule has 1 atom stereocenters. The number of aryl methyl sites for hydroxylation is 2. The summed E-state index contributed by atoms with van der Waals surface area (Å²) < 4.78 is 0. The molecule has 0 aliphatic carbocycles. The van der Waals surface area contributed by atoms with Crippen LogP contribution in [-0.2, 0) is 11.2 Å². The summed E-state index contributed by atoms with van der Waals surface area (Å²) in [7, 11) is 0. The summed E-state index contributed by atoms with van der Waals surface area (Å²) in [5, 5.41) is 21.0. The fraction of sp³-hybridized carbons (Fsp3) is 0.615. The van der Waals surface area contributed by atoms with Crippen molar-refractivity contribution < 1.29 is 14.7 Å². The van der Waals surface area contributed by atoms with E-state index < -0.39 is 18.0 Å². The number of aromatic amines is 1. The molecule has 0 radical (unpaired) electrons. The lowest BCUT2D eigenvalue weighted by atomic mass is 10.1. The number of carbonyl (C=O) groups excluding carboxylic acids is 1. The lowest BCUT2D eigenvalue weighted by Crippen LogP contribution is -2.46. The zero-order chi connectivity index (χ0) is 15.7. The molecular formula is C13H22N4O3S. The van der Waals surface area contributed by atoms with E-state index in [2.05, 4.69) is 20.8 Å². The van der Waals surface area contributed by atoms with E-state index in [4.69, 9.17) is 5.11 Å². The topological polar surface area (TPSA) is 107 Å². The number of H-pyrrole nitrogens is 1. The Morgan fingerprint density at radius 1 is 1.52 bits per heavy atom. The van der Waals surface area contributed by atoms with Crippen LogP contribution in [0.3, 0.4) is 0 Å². The molecule has 0 saturated heterocycles. The Hall–Kier alpha value is -1.70. The molecule has 1 rings (SSSR count). The Balaban J connectivity index is 2.23. The number of thioether (sulfide) groups is 1. The molecule has 8 heteroatoms. The fourth-order valence-corrected chi connectivity index (χ4v) is 2.28. The number of hydrogen-bond donors (Lipinski definition) is 4. The highest BCUT2D eigenvalue weighted by molar-refractivity contribution is 7.98. The number of carboxylic acids is 1. The van der Waals surface area contributed by atoms with Crippen LogP contribution >= 0.6 is 11.8 Å². The molecule has 0 aromatic carbocycles. The first-order valence-electron chi connectivity index (χ1n) is 6.79. The van der Waals surface area contributed by atoms with Gasteiger partial charge >= 0.3 is 12.0 Å². The molecule has 118 valence electrons. The van der Waals surface area contributed by atoms with Crippen LogP contribution in [0.2, 0.25) is 0 Å². The Morgan fingerprint density at radius 2 is 2.29 bits per heavy atom. The van der Waals surface area contributed by atoms with Gasteiger partial charge in [-0.1, -0.05) is 0 Å². The molecule has 2 amide bonds. The second kappa shape index (κ2) is 9.28. The minimum absolute atomic E-state index is 0.415. The quantitative estimate of drug-likeness (QED) is 0.512. The zero-order valence-electron chi connectivity index (χ0n) is 12.3. The third-order valence-electron chi connectivity index (χ3n) is 3.06. The van der Waals surface area contributed by atoms with Gasteiger partial charge in [0, 0.05) is 12.2 Å². The maximum absolute atomic E-state index is 11.6. The molecular weight excluding hydrogens is 292 g/mol. The molecule has 0 saturated carbocycles. The van der Waals surface area contributed by atoms with E-state index in [0.29, 0.717) is 18.7 Å². The van der Waals surface area contributed by atoms with Crippen LogP contribution in [0.25, 0.3) is 0 Å². The van der Waals surface area contributed by atoms with Crippen molar-refractivity contribution in [3.63, 3.8) is 0 Å². The van der Waals surface area contributed by atoms with Gasteiger partial charge < -0.3 is 15.7 Å². The number of carboxylic acid groups (broad SMARTS) is 1. The van der Waals surface area contributed by atoms with Crippen molar-refractivity contribution in [2.75, 3.05) is 18.6 Å². The molecule has 0 fully saturated rings. The first kappa shape index (κ1) is 17.4. The number of nitrogens with one attached hydrogen (secondary N) is 3. The van der Waals surface area contributed by atoms with Gasteiger partial charge in [-0.3, -0.25) is 5.10 Å². The fourth-order valence-electron chi connectivity index (χ4n) is 1.81. The summed E-state index contributed by atoms with van der Waals surface area (Å²) in [5.41, 5.74) is 2.16. The molecule has 0 bridgehead atoms. The summed E-state index contributed by atoms with van der Waals surface area (Å²) in [5.74, 6) is -0.315. The van der Waals surface area contributed by atoms with Crippen LogP contribution in [0.15, 0.2) is 6.20 Å². The molecule has 0 aliphatic rings. The predicted molar refractivity (Wildman–Crippen MR) is 82.6 cm³/mol. The Labute approximate surface area is 128 Å². The predicted octanol–water partition coefficient (Wildman–Crippen LogP) is 1.16. The number of hydrogen-bond acceptors (Lipinski definition) is 4. The molecule has 21 heavy (non-hydrogen) atoms. The van der Waals surface area contributed by atoms with Crippen molar-refractivity contribution in [1.82, 2.24) is 20.8 Å². The maximum atomic E-state index is 11.6. The van der Waals surface area contributed by atoms with E-state index >= 15 is 0 Å². The van der Waals surface area contributed by atoms with Crippen LogP contribution in [0.4, 0.5) is 4.79 Å². The number of aromatic nitrogens is 2. The molecule has 1 aromatic heterocycles. The highest BCUT2D eigenvalue weighted by Crippen LogP contribution is 2.05. The third-order valence-corrected chi connectivity index (χ3v) is 3.70. The van der Waals surface area contributed by atoms with Crippen molar-refractivity contribution in [1.29, 1.82) is 0 Å². The minimum Gasteiger partial charge on any atom is -0.480 e. The lowest BCUT2D eigenvalue weighted by Gasteiger charge is -2.14. The first-order valence-corrected chi connectivity index (χ1v) is 8.19. The van der Waals surface area contributed by atoms with Gasteiger partial charge in [0.15, 0.2) is 0 Å². The summed E-state index contributed by atoms with van der Waals surface area (Å²) >= 11 is 1.55. The van der Waals surface area contributed by atoms with E-state index in [9.17, 15) is 9.59 Å². The molecule has 0 unspecified atom stereocenters. The largest absolute Gasteiger partial charge is 0.480 e. The van der Waals surface area contributed by atoms with Crippen LogP contribution in [0, 0.1) is 6.92 Å². The normalized spacial score (nSPS) is 11.9. The van der Waals surface area contributed by atoms with Crippen LogP contribution < -0.4 is 10.6 Å². The Morgan fingerprint density at radius 3 is 2.86 bits per heavy atom. The van der Waals surface area contributed by atoms with Crippen molar-refractivity contribution in [3.8, 4) is 0 Å². The first-order chi connectivity index (χ1) is 10.0. The highest BCUT2D eigenvalue weighted by Gasteiger charge is 2.18. The van der Waals surface area contributed by atoms with Crippen LogP contribution in [0.5, 0.6) is 0 Å². The van der Waals surface area contributed by atoms with Crippen molar-refractivity contribution in [2.24, 2.45) is 0 Å². The second-order valence-corrected chi connectivity index (χ2v) is 5.68. The minimum atomic E-state index is -1.01. The number of aliphatic carboxylic acids is 1. The number of amides is 2. The number of nitrogens with zero attached hydrogens (tertiary/aromatic N) is 1. The lowest BCUT2D eigenvalue weighted by molar-refractivity contribution is -0.139. The average molecular weight is 314 g/mol. The number of rotatable bonds is 9. The summed E-state index contributed by atoms with van der Waals surface area (Å²) in [6.07, 6.45) is 5.68. The van der Waals surface area contributed by atoms with Gasteiger partial charge in [0.2, 0.25) is 0 Å². The Bertz CT molecular complexity index is 464. The van der Waals surface area contributed by atoms with Crippen molar-refractivity contribution >= 4 is 23.8 Å².